The van der Waals surface area contributed by atoms with E-state index in [1.165, 1.54) is 13.4 Å². The Morgan fingerprint density at radius 2 is 1.52 bits per heavy atom. The van der Waals surface area contributed by atoms with E-state index in [1.807, 2.05) is 72.8 Å². The summed E-state index contributed by atoms with van der Waals surface area (Å²) in [6.45, 7) is 9.46. The molecule has 0 saturated carbocycles. The summed E-state index contributed by atoms with van der Waals surface area (Å²) in [6.07, 6.45) is 7.62. The molecule has 3 aliphatic rings. The van der Waals surface area contributed by atoms with Crippen molar-refractivity contribution in [3.63, 3.8) is 0 Å². The van der Waals surface area contributed by atoms with E-state index < -0.39 is 17.0 Å². The van der Waals surface area contributed by atoms with E-state index in [0.29, 0.717) is 58.5 Å². The van der Waals surface area contributed by atoms with Gasteiger partial charge in [0.15, 0.2) is 11.5 Å². The molecular weight excluding hydrogens is 755 g/mol. The smallest absolute Gasteiger partial charge is 0.323 e. The van der Waals surface area contributed by atoms with Gasteiger partial charge in [-0.25, -0.2) is 9.00 Å². The minimum absolute atomic E-state index is 0. The Morgan fingerprint density at radius 3 is 2.19 bits per heavy atom. The predicted octanol–water partition coefficient (Wildman–Crippen LogP) is 8.52. The van der Waals surface area contributed by atoms with Gasteiger partial charge in [0, 0.05) is 47.8 Å². The molecule has 306 valence electrons. The fraction of sp³-hybridized carbons (Fsp3) is 0.356. The topological polar surface area (TPSA) is 163 Å². The van der Waals surface area contributed by atoms with Crippen molar-refractivity contribution in [1.29, 1.82) is 0 Å². The number of nitrogens with zero attached hydrogens (tertiary/aromatic N) is 2. The van der Waals surface area contributed by atoms with Crippen molar-refractivity contribution in [1.82, 2.24) is 9.88 Å². The van der Waals surface area contributed by atoms with E-state index in [1.54, 1.807) is 19.4 Å². The minimum atomic E-state index is -1.35. The Morgan fingerprint density at radius 1 is 0.828 bits per heavy atom. The number of ketones is 1. The van der Waals surface area contributed by atoms with Crippen LogP contribution in [-0.2, 0) is 22.8 Å². The largest absolute Gasteiger partial charge is 0.496 e. The molecule has 0 radical (unpaired) electrons. The number of hydrogen-bond donors (Lipinski definition) is 3. The molecule has 2 amide bonds. The van der Waals surface area contributed by atoms with Gasteiger partial charge in [-0.05, 0) is 103 Å². The van der Waals surface area contributed by atoms with Crippen molar-refractivity contribution in [2.45, 2.75) is 58.3 Å². The van der Waals surface area contributed by atoms with Crippen LogP contribution in [0.1, 0.15) is 73.6 Å². The molecule has 1 unspecified atom stereocenters. The van der Waals surface area contributed by atoms with Gasteiger partial charge in [-0.2, -0.15) is 0 Å². The molecule has 0 spiro atoms. The Labute approximate surface area is 342 Å². The Balaban J connectivity index is 0.00000567. The number of fused-ring (bicyclic) bond motifs is 4. The highest BCUT2D eigenvalue weighted by Crippen LogP contribution is 2.44. The third-order valence-electron chi connectivity index (χ3n) is 11.2. The first-order valence-electron chi connectivity index (χ1n) is 19.3. The maximum absolute atomic E-state index is 13.5. The summed E-state index contributed by atoms with van der Waals surface area (Å²) < 4.78 is 32.9. The molecule has 3 saturated heterocycles. The number of carbonyl (C=O) groups excluding carboxylic acids is 2. The number of carbonyl (C=O) groups is 2. The molecule has 2 bridgehead atoms. The summed E-state index contributed by atoms with van der Waals surface area (Å²) in [5.41, 5.74) is 4.76. The zero-order chi connectivity index (χ0) is 40.3. The molecule has 5 aromatic rings. The molecule has 13 heteroatoms. The van der Waals surface area contributed by atoms with Gasteiger partial charge in [0.2, 0.25) is 0 Å². The average molecular weight is 808 g/mol. The monoisotopic (exact) mass is 807 g/mol. The first-order valence-corrected chi connectivity index (χ1v) is 20.9. The van der Waals surface area contributed by atoms with Crippen LogP contribution in [-0.4, -0.2) is 71.5 Å². The summed E-state index contributed by atoms with van der Waals surface area (Å²) in [7, 11) is 1.77. The van der Waals surface area contributed by atoms with E-state index in [9.17, 15) is 13.8 Å². The second-order valence-electron chi connectivity index (χ2n) is 16.1. The van der Waals surface area contributed by atoms with Crippen LogP contribution in [0.5, 0.6) is 23.0 Å². The van der Waals surface area contributed by atoms with Gasteiger partial charge < -0.3 is 39.9 Å². The number of rotatable bonds is 13. The van der Waals surface area contributed by atoms with Gasteiger partial charge in [0.25, 0.3) is 0 Å². The van der Waals surface area contributed by atoms with E-state index in [0.717, 1.165) is 66.5 Å². The number of aromatic nitrogens is 1. The van der Waals surface area contributed by atoms with Gasteiger partial charge in [-0.3, -0.25) is 9.78 Å². The van der Waals surface area contributed by atoms with Crippen molar-refractivity contribution in [3.8, 4) is 23.0 Å². The number of piperidine rings is 3. The van der Waals surface area contributed by atoms with Crippen molar-refractivity contribution >= 4 is 50.6 Å². The van der Waals surface area contributed by atoms with Gasteiger partial charge in [-0.15, -0.1) is 0 Å². The third-order valence-corrected chi connectivity index (χ3v) is 11.7. The number of anilines is 3. The number of hydrogen-bond acceptors (Lipinski definition) is 8. The lowest BCUT2D eigenvalue weighted by molar-refractivity contribution is 0.0206. The van der Waals surface area contributed by atoms with Crippen molar-refractivity contribution < 1.29 is 33.5 Å². The van der Waals surface area contributed by atoms with Gasteiger partial charge >= 0.3 is 6.03 Å². The van der Waals surface area contributed by atoms with Crippen LogP contribution in [0, 0.1) is 5.41 Å². The van der Waals surface area contributed by atoms with Crippen LogP contribution in [0.3, 0.4) is 0 Å². The molecule has 5 N–H and O–H groups in total. The number of ether oxygens (including phenoxy) is 3. The number of methoxy groups -OCH3 is 2. The molecule has 0 aliphatic carbocycles. The van der Waals surface area contributed by atoms with Gasteiger partial charge in [0.1, 0.15) is 28.2 Å². The number of urea groups is 1. The molecule has 3 fully saturated rings. The normalized spacial score (nSPS) is 17.8. The molecule has 8 rings (SSSR count). The summed E-state index contributed by atoms with van der Waals surface area (Å²) in [4.78, 5) is 34.2. The number of benzene rings is 4. The Kier molecular flexibility index (Phi) is 12.7. The number of pyridine rings is 1. The van der Waals surface area contributed by atoms with Crippen molar-refractivity contribution in [2.24, 2.45) is 5.41 Å². The van der Waals surface area contributed by atoms with Crippen LogP contribution in [0.2, 0.25) is 0 Å². The quantitative estimate of drug-likeness (QED) is 0.0998. The highest BCUT2D eigenvalue weighted by molar-refractivity contribution is 7.85. The molecule has 1 atom stereocenters. The lowest BCUT2D eigenvalue weighted by atomic mass is 9.68. The predicted molar refractivity (Wildman–Crippen MR) is 231 cm³/mol. The number of Topliss-reactive ketones (excluding diaryl/α,β-unsaturated/α-hetero) is 1. The number of amides is 2. The van der Waals surface area contributed by atoms with Crippen LogP contribution >= 0.6 is 0 Å². The van der Waals surface area contributed by atoms with Crippen molar-refractivity contribution in [2.75, 3.05) is 55.5 Å². The standard InChI is InChI=1S/C45H51N5O6S.H2O/c1-44(2,3)30-25-37(42(55-5)38(26-30)49-57(6)53)48-43(52)47-36-13-14-40(34-10-8-7-9-33(34)36)56-32-15-19-46-31(27-32)23-29-11-12-35(41(24-29)54-4)39(51)28-45-16-20-50(21-17-45)22-18-45;/h7-15,19,24-27,49H,16-18,20-23,28H2,1-6H3,(H2,47,48,52);1H2. The van der Waals surface area contributed by atoms with E-state index in [4.69, 9.17) is 14.2 Å². The Hall–Kier alpha value is -5.50. The minimum Gasteiger partial charge on any atom is -0.496 e. The summed E-state index contributed by atoms with van der Waals surface area (Å²) in [6, 6.07) is 24.2. The molecular formula is C45H53N5O7S. The molecule has 3 aliphatic heterocycles. The maximum Gasteiger partial charge on any atom is 0.323 e. The SMILES string of the molecule is COc1cc(Cc2cc(Oc3ccc(NC(=O)Nc4cc(C(C)(C)C)cc(NS(C)=O)c4OC)c4ccccc34)ccn2)ccc1C(=O)CC12CCN(CC1)CC2.O. The summed E-state index contributed by atoms with van der Waals surface area (Å²) >= 11 is 0. The maximum atomic E-state index is 13.5. The average Bonchev–Trinajstić information content (AvgIpc) is 3.18. The zero-order valence-corrected chi connectivity index (χ0v) is 34.8. The molecule has 12 nitrogen and oxygen atoms in total. The van der Waals surface area contributed by atoms with Crippen LogP contribution in [0.15, 0.2) is 85.1 Å². The lowest BCUT2D eigenvalue weighted by Gasteiger charge is -2.48. The molecule has 58 heavy (non-hydrogen) atoms. The van der Waals surface area contributed by atoms with Crippen LogP contribution in [0.4, 0.5) is 21.9 Å². The fourth-order valence-corrected chi connectivity index (χ4v) is 8.44. The van der Waals surface area contributed by atoms with Gasteiger partial charge in [0.05, 0.1) is 36.8 Å². The van der Waals surface area contributed by atoms with E-state index >= 15 is 0 Å². The molecule has 1 aromatic heterocycles. The number of nitrogens with one attached hydrogen (secondary N) is 3. The highest BCUT2D eigenvalue weighted by Gasteiger charge is 2.41. The summed E-state index contributed by atoms with van der Waals surface area (Å²) in [5.74, 6) is 2.35. The van der Waals surface area contributed by atoms with E-state index in [-0.39, 0.29) is 22.1 Å². The van der Waals surface area contributed by atoms with Crippen LogP contribution < -0.4 is 29.6 Å². The second kappa shape index (κ2) is 17.6. The summed E-state index contributed by atoms with van der Waals surface area (Å²) in [5, 5.41) is 7.53. The molecule has 4 aromatic carbocycles. The van der Waals surface area contributed by atoms with Crippen LogP contribution in [0.25, 0.3) is 10.8 Å². The second-order valence-corrected chi connectivity index (χ2v) is 17.2. The third kappa shape index (κ3) is 9.44. The highest BCUT2D eigenvalue weighted by atomic mass is 32.2. The Bertz CT molecular complexity index is 2320. The van der Waals surface area contributed by atoms with E-state index in [2.05, 4.69) is 46.0 Å². The fourth-order valence-electron chi connectivity index (χ4n) is 7.98. The first-order chi connectivity index (χ1) is 27.3. The van der Waals surface area contributed by atoms with Gasteiger partial charge in [-0.1, -0.05) is 51.1 Å². The first kappa shape index (κ1) is 42.1. The zero-order valence-electron chi connectivity index (χ0n) is 34.0. The molecule has 4 heterocycles. The van der Waals surface area contributed by atoms with Crippen molar-refractivity contribution in [3.05, 3.63) is 107 Å². The lowest BCUT2D eigenvalue weighted by Crippen LogP contribution is -2.48.